The van der Waals surface area contributed by atoms with E-state index in [0.717, 1.165) is 17.5 Å². The van der Waals surface area contributed by atoms with E-state index in [1.807, 2.05) is 74.5 Å². The summed E-state index contributed by atoms with van der Waals surface area (Å²) in [7, 11) is 0. The maximum atomic E-state index is 12.3. The third kappa shape index (κ3) is 4.32. The van der Waals surface area contributed by atoms with Gasteiger partial charge in [0.25, 0.3) is 0 Å². The molecule has 0 heterocycles. The normalized spacial score (nSPS) is 12.8. The van der Waals surface area contributed by atoms with Crippen LogP contribution in [0.3, 0.4) is 0 Å². The van der Waals surface area contributed by atoms with Gasteiger partial charge in [0.2, 0.25) is 0 Å². The van der Waals surface area contributed by atoms with Gasteiger partial charge in [0, 0.05) is 5.57 Å². The molecule has 0 aliphatic carbocycles. The van der Waals surface area contributed by atoms with Gasteiger partial charge in [0.15, 0.2) is 0 Å². The summed E-state index contributed by atoms with van der Waals surface area (Å²) in [5.74, 6) is -0.267. The molecule has 0 saturated heterocycles. The van der Waals surface area contributed by atoms with Gasteiger partial charge >= 0.3 is 5.97 Å². The van der Waals surface area contributed by atoms with Crippen LogP contribution in [0.2, 0.25) is 0 Å². The summed E-state index contributed by atoms with van der Waals surface area (Å²) in [6.45, 7) is 5.85. The fraction of sp³-hybridized carbons (Fsp3) is 0.250. The van der Waals surface area contributed by atoms with Crippen LogP contribution in [0.4, 0.5) is 0 Å². The Labute approximate surface area is 132 Å². The minimum Gasteiger partial charge on any atom is -0.454 e. The quantitative estimate of drug-likeness (QED) is 0.567. The van der Waals surface area contributed by atoms with E-state index in [0.29, 0.717) is 5.57 Å². The Bertz CT molecular complexity index is 639. The lowest BCUT2D eigenvalue weighted by atomic mass is 10.1. The minimum absolute atomic E-state index is 0.199. The molecule has 0 spiro atoms. The van der Waals surface area contributed by atoms with Gasteiger partial charge in [0.05, 0.1) is 0 Å². The summed E-state index contributed by atoms with van der Waals surface area (Å²) >= 11 is 0. The first-order valence-electron chi connectivity index (χ1n) is 7.61. The van der Waals surface area contributed by atoms with Gasteiger partial charge in [-0.05, 0) is 37.5 Å². The second kappa shape index (κ2) is 7.60. The summed E-state index contributed by atoms with van der Waals surface area (Å²) in [5.41, 5.74) is 3.85. The van der Waals surface area contributed by atoms with E-state index in [9.17, 15) is 4.79 Å². The zero-order valence-corrected chi connectivity index (χ0v) is 13.4. The summed E-state index contributed by atoms with van der Waals surface area (Å²) < 4.78 is 5.64. The molecule has 0 radical (unpaired) electrons. The molecule has 2 nitrogen and oxygen atoms in total. The highest BCUT2D eigenvalue weighted by molar-refractivity contribution is 5.93. The van der Waals surface area contributed by atoms with Crippen LogP contribution in [0.5, 0.6) is 0 Å². The molecule has 0 aliphatic heterocycles. The molecule has 0 saturated carbocycles. The molecule has 0 N–H and O–H groups in total. The van der Waals surface area contributed by atoms with E-state index >= 15 is 0 Å². The Hall–Kier alpha value is -2.35. The van der Waals surface area contributed by atoms with Crippen LogP contribution in [0.1, 0.15) is 43.1 Å². The largest absolute Gasteiger partial charge is 0.454 e. The first-order valence-corrected chi connectivity index (χ1v) is 7.61. The van der Waals surface area contributed by atoms with Crippen LogP contribution in [0.25, 0.3) is 6.08 Å². The van der Waals surface area contributed by atoms with Gasteiger partial charge in [-0.2, -0.15) is 0 Å². The molecule has 1 atom stereocenters. The van der Waals surface area contributed by atoms with Crippen molar-refractivity contribution in [3.8, 4) is 0 Å². The molecular formula is C20H22O2. The van der Waals surface area contributed by atoms with Gasteiger partial charge in [-0.1, -0.05) is 67.1 Å². The molecule has 2 aromatic rings. The Balaban J connectivity index is 2.08. The Kier molecular flexibility index (Phi) is 5.54. The lowest BCUT2D eigenvalue weighted by Crippen LogP contribution is -2.11. The summed E-state index contributed by atoms with van der Waals surface area (Å²) in [6, 6.07) is 17.9. The molecule has 0 aromatic heterocycles. The van der Waals surface area contributed by atoms with Crippen molar-refractivity contribution >= 4 is 12.0 Å². The third-order valence-corrected chi connectivity index (χ3v) is 3.57. The van der Waals surface area contributed by atoms with Crippen molar-refractivity contribution < 1.29 is 9.53 Å². The number of hydrogen-bond donors (Lipinski definition) is 0. The maximum Gasteiger partial charge on any atom is 0.334 e. The summed E-state index contributed by atoms with van der Waals surface area (Å²) in [6.07, 6.45) is 2.42. The number of benzene rings is 2. The van der Waals surface area contributed by atoms with Crippen molar-refractivity contribution in [1.29, 1.82) is 0 Å². The molecule has 0 bridgehead atoms. The molecule has 2 rings (SSSR count). The SMILES string of the molecule is CCC(OC(=O)/C(C)=C/c1ccc(C)cc1)c1ccccc1. The van der Waals surface area contributed by atoms with Gasteiger partial charge in [-0.25, -0.2) is 4.79 Å². The summed E-state index contributed by atoms with van der Waals surface area (Å²) in [4.78, 5) is 12.3. The second-order valence-electron chi connectivity index (χ2n) is 5.45. The van der Waals surface area contributed by atoms with Crippen molar-refractivity contribution in [1.82, 2.24) is 0 Å². The topological polar surface area (TPSA) is 26.3 Å². The first-order chi connectivity index (χ1) is 10.6. The Morgan fingerprint density at radius 2 is 1.73 bits per heavy atom. The maximum absolute atomic E-state index is 12.3. The standard InChI is InChI=1S/C20H22O2/c1-4-19(18-8-6-5-7-9-18)22-20(21)16(3)14-17-12-10-15(2)11-13-17/h5-14,19H,4H2,1-3H3/b16-14+. The number of aryl methyl sites for hydroxylation is 1. The lowest BCUT2D eigenvalue weighted by Gasteiger charge is -2.16. The fourth-order valence-electron chi connectivity index (χ4n) is 2.25. The molecule has 0 fully saturated rings. The van der Waals surface area contributed by atoms with Gasteiger partial charge in [0.1, 0.15) is 6.10 Å². The summed E-state index contributed by atoms with van der Waals surface area (Å²) in [5, 5.41) is 0. The predicted molar refractivity (Wildman–Crippen MR) is 90.4 cm³/mol. The zero-order chi connectivity index (χ0) is 15.9. The molecule has 0 amide bonds. The average Bonchev–Trinajstić information content (AvgIpc) is 2.55. The number of carbonyl (C=O) groups is 1. The second-order valence-corrected chi connectivity index (χ2v) is 5.45. The predicted octanol–water partition coefficient (Wildman–Crippen LogP) is 5.09. The monoisotopic (exact) mass is 294 g/mol. The first kappa shape index (κ1) is 16.0. The van der Waals surface area contributed by atoms with E-state index in [2.05, 4.69) is 0 Å². The zero-order valence-electron chi connectivity index (χ0n) is 13.4. The minimum atomic E-state index is -0.267. The van der Waals surface area contributed by atoms with Crippen molar-refractivity contribution in [2.75, 3.05) is 0 Å². The number of esters is 1. The number of carbonyl (C=O) groups excluding carboxylic acids is 1. The van der Waals surface area contributed by atoms with Crippen molar-refractivity contribution in [2.45, 2.75) is 33.3 Å². The molecule has 0 aliphatic rings. The van der Waals surface area contributed by atoms with Crippen LogP contribution >= 0.6 is 0 Å². The number of ether oxygens (including phenoxy) is 1. The number of hydrogen-bond acceptors (Lipinski definition) is 2. The Morgan fingerprint density at radius 3 is 2.32 bits per heavy atom. The highest BCUT2D eigenvalue weighted by atomic mass is 16.5. The Morgan fingerprint density at radius 1 is 1.09 bits per heavy atom. The lowest BCUT2D eigenvalue weighted by molar-refractivity contribution is -0.144. The van der Waals surface area contributed by atoms with E-state index in [-0.39, 0.29) is 12.1 Å². The highest BCUT2D eigenvalue weighted by Crippen LogP contribution is 2.22. The third-order valence-electron chi connectivity index (χ3n) is 3.57. The molecule has 22 heavy (non-hydrogen) atoms. The van der Waals surface area contributed by atoms with Crippen LogP contribution < -0.4 is 0 Å². The molecular weight excluding hydrogens is 272 g/mol. The average molecular weight is 294 g/mol. The smallest absolute Gasteiger partial charge is 0.334 e. The van der Waals surface area contributed by atoms with Crippen LogP contribution in [0, 0.1) is 6.92 Å². The van der Waals surface area contributed by atoms with Gasteiger partial charge in [-0.3, -0.25) is 0 Å². The van der Waals surface area contributed by atoms with Crippen LogP contribution in [-0.2, 0) is 9.53 Å². The van der Waals surface area contributed by atoms with Crippen LogP contribution in [-0.4, -0.2) is 5.97 Å². The van der Waals surface area contributed by atoms with E-state index in [4.69, 9.17) is 4.74 Å². The van der Waals surface area contributed by atoms with Crippen LogP contribution in [0.15, 0.2) is 60.2 Å². The molecule has 114 valence electrons. The number of rotatable bonds is 5. The van der Waals surface area contributed by atoms with Gasteiger partial charge in [-0.15, -0.1) is 0 Å². The van der Waals surface area contributed by atoms with Gasteiger partial charge < -0.3 is 4.74 Å². The van der Waals surface area contributed by atoms with Crippen molar-refractivity contribution in [3.05, 3.63) is 76.9 Å². The van der Waals surface area contributed by atoms with Crippen molar-refractivity contribution in [2.24, 2.45) is 0 Å². The van der Waals surface area contributed by atoms with Crippen molar-refractivity contribution in [3.63, 3.8) is 0 Å². The highest BCUT2D eigenvalue weighted by Gasteiger charge is 2.15. The fourth-order valence-corrected chi connectivity index (χ4v) is 2.25. The molecule has 2 heteroatoms. The van der Waals surface area contributed by atoms with E-state index in [1.165, 1.54) is 5.56 Å². The van der Waals surface area contributed by atoms with E-state index in [1.54, 1.807) is 6.92 Å². The molecule has 2 aromatic carbocycles. The molecule has 1 unspecified atom stereocenters. The van der Waals surface area contributed by atoms with E-state index < -0.39 is 0 Å².